The van der Waals surface area contributed by atoms with Gasteiger partial charge < -0.3 is 4.90 Å². The molecule has 0 aliphatic carbocycles. The summed E-state index contributed by atoms with van der Waals surface area (Å²) in [5.41, 5.74) is 6.68. The van der Waals surface area contributed by atoms with Gasteiger partial charge in [0.25, 0.3) is 5.91 Å². The van der Waals surface area contributed by atoms with Crippen molar-refractivity contribution >= 4 is 17.8 Å². The van der Waals surface area contributed by atoms with E-state index in [1.165, 1.54) is 24.1 Å². The number of nitrogens with zero attached hydrogens (tertiary/aromatic N) is 2. The molecule has 0 unspecified atom stereocenters. The van der Waals surface area contributed by atoms with Crippen LogP contribution in [0.4, 0.5) is 5.69 Å². The molecule has 1 heterocycles. The van der Waals surface area contributed by atoms with Gasteiger partial charge >= 0.3 is 0 Å². The van der Waals surface area contributed by atoms with Crippen molar-refractivity contribution in [3.8, 4) is 0 Å². The van der Waals surface area contributed by atoms with E-state index in [9.17, 15) is 4.79 Å². The minimum absolute atomic E-state index is 0.202. The van der Waals surface area contributed by atoms with Crippen molar-refractivity contribution < 1.29 is 4.79 Å². The Morgan fingerprint density at radius 1 is 1.13 bits per heavy atom. The number of aryl methyl sites for hydroxylation is 1. The van der Waals surface area contributed by atoms with Gasteiger partial charge in [-0.15, -0.1) is 0 Å². The van der Waals surface area contributed by atoms with Crippen LogP contribution in [0.25, 0.3) is 0 Å². The average molecular weight is 307 g/mol. The summed E-state index contributed by atoms with van der Waals surface area (Å²) in [4.78, 5) is 14.3. The van der Waals surface area contributed by atoms with E-state index in [1.807, 2.05) is 24.3 Å². The van der Waals surface area contributed by atoms with Crippen LogP contribution in [0, 0.1) is 6.92 Å². The van der Waals surface area contributed by atoms with Crippen molar-refractivity contribution in [2.75, 3.05) is 18.0 Å². The SMILES string of the molecule is Cc1cc(/C=N/NC(=O)c2ccccc2)ccc1N1CCCC1. The van der Waals surface area contributed by atoms with Crippen molar-refractivity contribution in [1.82, 2.24) is 5.43 Å². The molecule has 1 N–H and O–H groups in total. The number of anilines is 1. The van der Waals surface area contributed by atoms with E-state index in [0.29, 0.717) is 5.56 Å². The summed E-state index contributed by atoms with van der Waals surface area (Å²) in [5.74, 6) is -0.202. The number of rotatable bonds is 4. The Morgan fingerprint density at radius 2 is 1.87 bits per heavy atom. The lowest BCUT2D eigenvalue weighted by Gasteiger charge is -2.20. The van der Waals surface area contributed by atoms with Crippen LogP contribution >= 0.6 is 0 Å². The van der Waals surface area contributed by atoms with Gasteiger partial charge in [-0.25, -0.2) is 5.43 Å². The molecule has 2 aromatic rings. The van der Waals surface area contributed by atoms with Gasteiger partial charge in [0.1, 0.15) is 0 Å². The van der Waals surface area contributed by atoms with E-state index in [1.54, 1.807) is 18.3 Å². The van der Waals surface area contributed by atoms with Crippen LogP contribution in [-0.2, 0) is 0 Å². The van der Waals surface area contributed by atoms with Crippen LogP contribution in [0.5, 0.6) is 0 Å². The van der Waals surface area contributed by atoms with Gasteiger partial charge in [0.05, 0.1) is 6.21 Å². The van der Waals surface area contributed by atoms with Crippen LogP contribution in [0.1, 0.15) is 34.3 Å². The third-order valence-corrected chi connectivity index (χ3v) is 4.08. The van der Waals surface area contributed by atoms with Crippen molar-refractivity contribution in [3.05, 3.63) is 65.2 Å². The van der Waals surface area contributed by atoms with Crippen molar-refractivity contribution in [2.45, 2.75) is 19.8 Å². The number of carbonyl (C=O) groups is 1. The van der Waals surface area contributed by atoms with Gasteiger partial charge in [-0.2, -0.15) is 5.10 Å². The highest BCUT2D eigenvalue weighted by Gasteiger charge is 2.13. The number of nitrogens with one attached hydrogen (secondary N) is 1. The lowest BCUT2D eigenvalue weighted by atomic mass is 10.1. The first-order valence-electron chi connectivity index (χ1n) is 7.98. The lowest BCUT2D eigenvalue weighted by Crippen LogP contribution is -2.19. The van der Waals surface area contributed by atoms with Crippen molar-refractivity contribution in [2.24, 2.45) is 5.10 Å². The monoisotopic (exact) mass is 307 g/mol. The van der Waals surface area contributed by atoms with E-state index in [2.05, 4.69) is 34.5 Å². The van der Waals surface area contributed by atoms with Gasteiger partial charge in [-0.05, 0) is 55.2 Å². The maximum Gasteiger partial charge on any atom is 0.271 e. The highest BCUT2D eigenvalue weighted by molar-refractivity contribution is 5.94. The summed E-state index contributed by atoms with van der Waals surface area (Å²) in [6.07, 6.45) is 4.23. The number of carbonyl (C=O) groups excluding carboxylic acids is 1. The molecule has 0 saturated carbocycles. The molecule has 1 amide bonds. The first-order valence-corrected chi connectivity index (χ1v) is 7.98. The first-order chi connectivity index (χ1) is 11.2. The van der Waals surface area contributed by atoms with E-state index >= 15 is 0 Å². The molecule has 4 nitrogen and oxygen atoms in total. The van der Waals surface area contributed by atoms with Crippen LogP contribution in [0.3, 0.4) is 0 Å². The molecule has 3 rings (SSSR count). The molecule has 0 radical (unpaired) electrons. The number of hydrogen-bond donors (Lipinski definition) is 1. The highest BCUT2D eigenvalue weighted by atomic mass is 16.2. The van der Waals surface area contributed by atoms with E-state index in [0.717, 1.165) is 18.7 Å². The van der Waals surface area contributed by atoms with Crippen LogP contribution in [0.15, 0.2) is 53.6 Å². The Hall–Kier alpha value is -2.62. The van der Waals surface area contributed by atoms with Crippen molar-refractivity contribution in [3.63, 3.8) is 0 Å². The molecule has 1 aliphatic heterocycles. The summed E-state index contributed by atoms with van der Waals surface area (Å²) in [6.45, 7) is 4.40. The smallest absolute Gasteiger partial charge is 0.271 e. The normalized spacial score (nSPS) is 14.4. The summed E-state index contributed by atoms with van der Waals surface area (Å²) >= 11 is 0. The van der Waals surface area contributed by atoms with Crippen LogP contribution in [-0.4, -0.2) is 25.2 Å². The third-order valence-electron chi connectivity index (χ3n) is 4.08. The average Bonchev–Trinajstić information content (AvgIpc) is 3.10. The Balaban J connectivity index is 1.63. The molecule has 0 spiro atoms. The standard InChI is InChI=1S/C19H21N3O/c1-15-13-16(9-10-18(15)22-11-5-6-12-22)14-20-21-19(23)17-7-3-2-4-8-17/h2-4,7-10,13-14H,5-6,11-12H2,1H3,(H,21,23)/b20-14+. The fraction of sp³-hybridized carbons (Fsp3) is 0.263. The molecule has 23 heavy (non-hydrogen) atoms. The Labute approximate surface area is 136 Å². The summed E-state index contributed by atoms with van der Waals surface area (Å²) < 4.78 is 0. The quantitative estimate of drug-likeness (QED) is 0.695. The van der Waals surface area contributed by atoms with Crippen LogP contribution < -0.4 is 10.3 Å². The summed E-state index contributed by atoms with van der Waals surface area (Å²) in [5, 5.41) is 4.05. The maximum atomic E-state index is 11.9. The zero-order valence-corrected chi connectivity index (χ0v) is 13.3. The second-order valence-corrected chi connectivity index (χ2v) is 5.81. The topological polar surface area (TPSA) is 44.7 Å². The number of amides is 1. The molecular formula is C19H21N3O. The molecule has 4 heteroatoms. The second-order valence-electron chi connectivity index (χ2n) is 5.81. The molecule has 2 aromatic carbocycles. The predicted molar refractivity (Wildman–Crippen MR) is 94.1 cm³/mol. The number of hydrazone groups is 1. The maximum absolute atomic E-state index is 11.9. The summed E-state index contributed by atoms with van der Waals surface area (Å²) in [7, 11) is 0. The molecule has 1 fully saturated rings. The first kappa shape index (κ1) is 15.3. The molecule has 1 aliphatic rings. The fourth-order valence-electron chi connectivity index (χ4n) is 2.89. The molecule has 1 saturated heterocycles. The van der Waals surface area contributed by atoms with E-state index in [4.69, 9.17) is 0 Å². The molecule has 0 atom stereocenters. The predicted octanol–water partition coefficient (Wildman–Crippen LogP) is 3.36. The highest BCUT2D eigenvalue weighted by Crippen LogP contribution is 2.24. The van der Waals surface area contributed by atoms with E-state index < -0.39 is 0 Å². The van der Waals surface area contributed by atoms with Crippen molar-refractivity contribution in [1.29, 1.82) is 0 Å². The third kappa shape index (κ3) is 3.77. The Kier molecular flexibility index (Phi) is 4.71. The fourth-order valence-corrected chi connectivity index (χ4v) is 2.89. The second kappa shape index (κ2) is 7.09. The summed E-state index contributed by atoms with van der Waals surface area (Å²) in [6, 6.07) is 15.4. The molecular weight excluding hydrogens is 286 g/mol. The van der Waals surface area contributed by atoms with E-state index in [-0.39, 0.29) is 5.91 Å². The largest absolute Gasteiger partial charge is 0.371 e. The van der Waals surface area contributed by atoms with Gasteiger partial charge in [0.2, 0.25) is 0 Å². The van der Waals surface area contributed by atoms with Gasteiger partial charge in [-0.3, -0.25) is 4.79 Å². The van der Waals surface area contributed by atoms with Crippen LogP contribution in [0.2, 0.25) is 0 Å². The minimum atomic E-state index is -0.202. The zero-order valence-electron chi connectivity index (χ0n) is 13.3. The Morgan fingerprint density at radius 3 is 2.57 bits per heavy atom. The van der Waals surface area contributed by atoms with Gasteiger partial charge in [0.15, 0.2) is 0 Å². The molecule has 0 aromatic heterocycles. The zero-order chi connectivity index (χ0) is 16.1. The Bertz CT molecular complexity index is 704. The number of hydrogen-bond acceptors (Lipinski definition) is 3. The molecule has 0 bridgehead atoms. The molecule has 118 valence electrons. The minimum Gasteiger partial charge on any atom is -0.371 e. The van der Waals surface area contributed by atoms with Gasteiger partial charge in [-0.1, -0.05) is 24.3 Å². The van der Waals surface area contributed by atoms with Gasteiger partial charge in [0, 0.05) is 24.3 Å². The number of benzene rings is 2. The lowest BCUT2D eigenvalue weighted by molar-refractivity contribution is 0.0955.